The number of nitrogens with one attached hydrogen (secondary N) is 1. The van der Waals surface area contributed by atoms with Crippen molar-refractivity contribution in [2.75, 3.05) is 5.32 Å². The molecule has 3 heterocycles. The molecule has 3 aromatic rings. The summed E-state index contributed by atoms with van der Waals surface area (Å²) in [4.78, 5) is 1.11. The van der Waals surface area contributed by atoms with Gasteiger partial charge in [-0.1, -0.05) is 18.5 Å². The largest absolute Gasteiger partial charge is 0.467 e. The van der Waals surface area contributed by atoms with E-state index in [1.165, 1.54) is 0 Å². The Morgan fingerprint density at radius 2 is 2.29 bits per heavy atom. The average Bonchev–Trinajstić information content (AvgIpc) is 3.17. The third-order valence-electron chi connectivity index (χ3n) is 3.25. The van der Waals surface area contributed by atoms with Crippen LogP contribution in [0, 0.1) is 0 Å². The van der Waals surface area contributed by atoms with Gasteiger partial charge >= 0.3 is 0 Å². The minimum Gasteiger partial charge on any atom is -0.467 e. The number of aryl methyl sites for hydroxylation is 2. The maximum absolute atomic E-state index is 6.08. The third-order valence-corrected chi connectivity index (χ3v) is 4.54. The number of nitrogens with zero attached hydrogens (tertiary/aromatic N) is 2. The molecule has 0 saturated heterocycles. The molecule has 0 aliphatic carbocycles. The van der Waals surface area contributed by atoms with E-state index in [0.717, 1.165) is 32.8 Å². The number of halogens is 1. The van der Waals surface area contributed by atoms with Gasteiger partial charge in [0, 0.05) is 18.1 Å². The van der Waals surface area contributed by atoms with Crippen LogP contribution < -0.4 is 5.32 Å². The molecule has 0 aromatic carbocycles. The molecule has 0 amide bonds. The van der Waals surface area contributed by atoms with Crippen molar-refractivity contribution in [3.8, 4) is 0 Å². The third kappa shape index (κ3) is 2.99. The average molecular weight is 322 g/mol. The number of hydrogen-bond acceptors (Lipinski definition) is 4. The lowest BCUT2D eigenvalue weighted by atomic mass is 10.1. The van der Waals surface area contributed by atoms with Gasteiger partial charge in [0.25, 0.3) is 0 Å². The Kier molecular flexibility index (Phi) is 4.03. The summed E-state index contributed by atoms with van der Waals surface area (Å²) in [5.74, 6) is 0.861. The van der Waals surface area contributed by atoms with Gasteiger partial charge in [-0.05, 0) is 30.7 Å². The van der Waals surface area contributed by atoms with Crippen molar-refractivity contribution in [1.82, 2.24) is 9.78 Å². The second-order valence-electron chi connectivity index (χ2n) is 4.75. The molecule has 1 atom stereocenters. The van der Waals surface area contributed by atoms with Crippen LogP contribution in [0.2, 0.25) is 4.34 Å². The number of anilines is 1. The van der Waals surface area contributed by atoms with Gasteiger partial charge in [0.2, 0.25) is 0 Å². The van der Waals surface area contributed by atoms with E-state index in [1.54, 1.807) is 17.6 Å². The molecule has 110 valence electrons. The minimum atomic E-state index is -0.0630. The first-order chi connectivity index (χ1) is 10.2. The monoisotopic (exact) mass is 321 g/mol. The molecule has 21 heavy (non-hydrogen) atoms. The first kappa shape index (κ1) is 14.2. The van der Waals surface area contributed by atoms with Gasteiger partial charge in [-0.25, -0.2) is 0 Å². The van der Waals surface area contributed by atoms with Gasteiger partial charge < -0.3 is 9.73 Å². The SMILES string of the molecule is CCc1nn(C)cc1NC(c1ccco1)c1ccc(Cl)s1. The lowest BCUT2D eigenvalue weighted by molar-refractivity contribution is 0.500. The van der Waals surface area contributed by atoms with Crippen LogP contribution >= 0.6 is 22.9 Å². The highest BCUT2D eigenvalue weighted by molar-refractivity contribution is 7.16. The quantitative estimate of drug-likeness (QED) is 0.752. The molecule has 0 bridgehead atoms. The zero-order chi connectivity index (χ0) is 14.8. The second-order valence-corrected chi connectivity index (χ2v) is 6.50. The van der Waals surface area contributed by atoms with E-state index < -0.39 is 0 Å². The number of hydrogen-bond donors (Lipinski definition) is 1. The Bertz CT molecular complexity index is 717. The van der Waals surface area contributed by atoms with Gasteiger partial charge in [-0.15, -0.1) is 11.3 Å². The van der Waals surface area contributed by atoms with Gasteiger partial charge in [0.15, 0.2) is 0 Å². The van der Waals surface area contributed by atoms with Crippen LogP contribution in [0.3, 0.4) is 0 Å². The van der Waals surface area contributed by atoms with E-state index in [9.17, 15) is 0 Å². The van der Waals surface area contributed by atoms with Crippen molar-refractivity contribution in [2.45, 2.75) is 19.4 Å². The minimum absolute atomic E-state index is 0.0630. The Hall–Kier alpha value is -1.72. The molecule has 0 aliphatic heterocycles. The molecule has 4 nitrogen and oxygen atoms in total. The molecular formula is C15H16ClN3OS. The summed E-state index contributed by atoms with van der Waals surface area (Å²) in [6.45, 7) is 2.09. The van der Waals surface area contributed by atoms with Crippen molar-refractivity contribution in [3.63, 3.8) is 0 Å². The van der Waals surface area contributed by atoms with Crippen LogP contribution in [0.5, 0.6) is 0 Å². The first-order valence-corrected chi connectivity index (χ1v) is 7.94. The van der Waals surface area contributed by atoms with E-state index in [-0.39, 0.29) is 6.04 Å². The fourth-order valence-corrected chi connectivity index (χ4v) is 3.41. The zero-order valence-electron chi connectivity index (χ0n) is 11.8. The predicted octanol–water partition coefficient (Wildman–Crippen LogP) is 4.49. The number of furan rings is 1. The van der Waals surface area contributed by atoms with E-state index in [4.69, 9.17) is 16.0 Å². The second kappa shape index (κ2) is 5.95. The molecule has 1 unspecified atom stereocenters. The molecule has 0 spiro atoms. The lowest BCUT2D eigenvalue weighted by Crippen LogP contribution is -2.10. The number of aromatic nitrogens is 2. The van der Waals surface area contributed by atoms with Crippen LogP contribution in [-0.2, 0) is 13.5 Å². The van der Waals surface area contributed by atoms with Crippen LogP contribution in [-0.4, -0.2) is 9.78 Å². The van der Waals surface area contributed by atoms with Crippen LogP contribution in [0.15, 0.2) is 41.1 Å². The van der Waals surface area contributed by atoms with E-state index in [2.05, 4.69) is 17.3 Å². The summed E-state index contributed by atoms with van der Waals surface area (Å²) < 4.78 is 8.18. The van der Waals surface area contributed by atoms with Crippen molar-refractivity contribution >= 4 is 28.6 Å². The maximum Gasteiger partial charge on any atom is 0.131 e. The summed E-state index contributed by atoms with van der Waals surface area (Å²) in [7, 11) is 1.92. The molecule has 0 saturated carbocycles. The van der Waals surface area contributed by atoms with Gasteiger partial charge in [-0.3, -0.25) is 4.68 Å². The molecule has 3 rings (SSSR count). The summed E-state index contributed by atoms with van der Waals surface area (Å²) in [5.41, 5.74) is 2.06. The van der Waals surface area contributed by atoms with Gasteiger partial charge in [0.1, 0.15) is 11.8 Å². The molecule has 3 aromatic heterocycles. The summed E-state index contributed by atoms with van der Waals surface area (Å²) in [6.07, 6.45) is 4.55. The topological polar surface area (TPSA) is 43.0 Å². The first-order valence-electron chi connectivity index (χ1n) is 6.75. The Labute approximate surface area is 132 Å². The van der Waals surface area contributed by atoms with Gasteiger partial charge in [0.05, 0.1) is 22.0 Å². The molecular weight excluding hydrogens is 306 g/mol. The van der Waals surface area contributed by atoms with E-state index >= 15 is 0 Å². The smallest absolute Gasteiger partial charge is 0.131 e. The van der Waals surface area contributed by atoms with E-state index in [0.29, 0.717) is 0 Å². The Balaban J connectivity index is 1.96. The fraction of sp³-hybridized carbons (Fsp3) is 0.267. The lowest BCUT2D eigenvalue weighted by Gasteiger charge is -2.16. The van der Waals surface area contributed by atoms with Crippen molar-refractivity contribution < 1.29 is 4.42 Å². The fourth-order valence-electron chi connectivity index (χ4n) is 2.29. The molecule has 0 fully saturated rings. The highest BCUT2D eigenvalue weighted by Crippen LogP contribution is 2.34. The van der Waals surface area contributed by atoms with Crippen LogP contribution in [0.4, 0.5) is 5.69 Å². The Morgan fingerprint density at radius 3 is 2.90 bits per heavy atom. The van der Waals surface area contributed by atoms with Crippen molar-refractivity contribution in [3.05, 3.63) is 57.4 Å². The standard InChI is InChI=1S/C15H16ClN3OS/c1-3-10-11(9-19(2)18-10)17-15(12-5-4-8-20-12)13-6-7-14(16)21-13/h4-9,15,17H,3H2,1-2H3. The zero-order valence-corrected chi connectivity index (χ0v) is 13.4. The molecule has 0 radical (unpaired) electrons. The summed E-state index contributed by atoms with van der Waals surface area (Å²) in [6, 6.07) is 7.72. The van der Waals surface area contributed by atoms with Crippen molar-refractivity contribution in [1.29, 1.82) is 0 Å². The molecule has 0 aliphatic rings. The predicted molar refractivity (Wildman–Crippen MR) is 86.1 cm³/mol. The van der Waals surface area contributed by atoms with Crippen molar-refractivity contribution in [2.24, 2.45) is 7.05 Å². The summed E-state index contributed by atoms with van der Waals surface area (Å²) in [5, 5.41) is 7.99. The maximum atomic E-state index is 6.08. The molecule has 6 heteroatoms. The highest BCUT2D eigenvalue weighted by Gasteiger charge is 2.20. The highest BCUT2D eigenvalue weighted by atomic mass is 35.5. The van der Waals surface area contributed by atoms with Crippen LogP contribution in [0.1, 0.15) is 29.3 Å². The van der Waals surface area contributed by atoms with Gasteiger partial charge in [-0.2, -0.15) is 5.10 Å². The Morgan fingerprint density at radius 1 is 1.43 bits per heavy atom. The summed E-state index contributed by atoms with van der Waals surface area (Å²) >= 11 is 7.62. The van der Waals surface area contributed by atoms with Crippen LogP contribution in [0.25, 0.3) is 0 Å². The van der Waals surface area contributed by atoms with E-state index in [1.807, 2.05) is 42.2 Å². The molecule has 1 N–H and O–H groups in total. The normalized spacial score (nSPS) is 12.5. The number of thiophene rings is 1. The number of rotatable bonds is 5.